The number of hydrogen-bond donors (Lipinski definition) is 0. The highest BCUT2D eigenvalue weighted by Crippen LogP contribution is 2.33. The van der Waals surface area contributed by atoms with Gasteiger partial charge in [0, 0.05) is 26.9 Å². The molecule has 6 nitrogen and oxygen atoms in total. The molecule has 0 aromatic carbocycles. The minimum Gasteiger partial charge on any atom is -0.381 e. The highest BCUT2D eigenvalue weighted by Gasteiger charge is 2.45. The molecule has 3 aliphatic rings. The van der Waals surface area contributed by atoms with E-state index in [1.165, 1.54) is 0 Å². The van der Waals surface area contributed by atoms with Crippen LogP contribution < -0.4 is 0 Å². The molecule has 0 spiro atoms. The smallest absolute Gasteiger partial charge is 0.248 e. The summed E-state index contributed by atoms with van der Waals surface area (Å²) in [5.74, 6) is 0.661. The topological polar surface area (TPSA) is 57.2 Å². The lowest BCUT2D eigenvalue weighted by Crippen LogP contribution is -2.54. The van der Waals surface area contributed by atoms with Crippen LogP contribution in [0.15, 0.2) is 0 Å². The molecule has 0 radical (unpaired) electrons. The van der Waals surface area contributed by atoms with Crippen LogP contribution in [0.4, 0.5) is 0 Å². The third-order valence-corrected chi connectivity index (χ3v) is 5.01. The van der Waals surface area contributed by atoms with Gasteiger partial charge in [0.25, 0.3) is 0 Å². The van der Waals surface area contributed by atoms with Crippen molar-refractivity contribution in [2.75, 3.05) is 46.7 Å². The first-order valence-electron chi connectivity index (χ1n) is 8.39. The van der Waals surface area contributed by atoms with Gasteiger partial charge < -0.3 is 23.8 Å². The van der Waals surface area contributed by atoms with E-state index in [1.807, 2.05) is 4.90 Å². The maximum atomic E-state index is 12.1. The first-order chi connectivity index (χ1) is 10.8. The van der Waals surface area contributed by atoms with Crippen LogP contribution in [-0.2, 0) is 23.7 Å². The van der Waals surface area contributed by atoms with Gasteiger partial charge in [-0.05, 0) is 31.6 Å². The van der Waals surface area contributed by atoms with Gasteiger partial charge in [-0.2, -0.15) is 0 Å². The number of ether oxygens (including phenoxy) is 4. The summed E-state index contributed by atoms with van der Waals surface area (Å²) in [6.45, 7) is 3.88. The van der Waals surface area contributed by atoms with Crippen LogP contribution in [-0.4, -0.2) is 75.7 Å². The Morgan fingerprint density at radius 2 is 2.00 bits per heavy atom. The van der Waals surface area contributed by atoms with Crippen LogP contribution in [0.1, 0.15) is 25.7 Å². The summed E-state index contributed by atoms with van der Waals surface area (Å²) in [5, 5.41) is 0. The van der Waals surface area contributed by atoms with Gasteiger partial charge in [0.15, 0.2) is 0 Å². The summed E-state index contributed by atoms with van der Waals surface area (Å²) >= 11 is 0. The normalized spacial score (nSPS) is 33.0. The van der Waals surface area contributed by atoms with Crippen molar-refractivity contribution in [2.24, 2.45) is 5.92 Å². The zero-order valence-electron chi connectivity index (χ0n) is 13.4. The number of hydrogen-bond acceptors (Lipinski definition) is 5. The Morgan fingerprint density at radius 3 is 2.77 bits per heavy atom. The number of amides is 1. The minimum absolute atomic E-state index is 0.0226. The van der Waals surface area contributed by atoms with Crippen molar-refractivity contribution in [3.8, 4) is 0 Å². The van der Waals surface area contributed by atoms with E-state index >= 15 is 0 Å². The summed E-state index contributed by atoms with van der Waals surface area (Å²) in [5.41, 5.74) is 0. The van der Waals surface area contributed by atoms with E-state index in [2.05, 4.69) is 0 Å². The SMILES string of the molecule is COCC(=O)N1CCO[C@H]2[C@H](OCC3CCOCC3)CC[C@@H]21. The Kier molecular flexibility index (Phi) is 5.68. The van der Waals surface area contributed by atoms with Crippen molar-refractivity contribution in [1.29, 1.82) is 0 Å². The third kappa shape index (κ3) is 3.62. The first-order valence-corrected chi connectivity index (χ1v) is 8.39. The highest BCUT2D eigenvalue weighted by molar-refractivity contribution is 5.78. The molecule has 0 aromatic heterocycles. The van der Waals surface area contributed by atoms with Crippen molar-refractivity contribution in [2.45, 2.75) is 43.9 Å². The second-order valence-electron chi connectivity index (χ2n) is 6.43. The molecule has 0 aromatic rings. The fourth-order valence-electron chi connectivity index (χ4n) is 3.78. The third-order valence-electron chi connectivity index (χ3n) is 5.01. The Bertz CT molecular complexity index is 372. The number of nitrogens with zero attached hydrogens (tertiary/aromatic N) is 1. The predicted octanol–water partition coefficient (Wildman–Crippen LogP) is 0.834. The summed E-state index contributed by atoms with van der Waals surface area (Å²) in [4.78, 5) is 14.1. The largest absolute Gasteiger partial charge is 0.381 e. The zero-order valence-corrected chi connectivity index (χ0v) is 13.4. The van der Waals surface area contributed by atoms with E-state index in [0.29, 0.717) is 19.1 Å². The lowest BCUT2D eigenvalue weighted by atomic mass is 10.0. The van der Waals surface area contributed by atoms with E-state index in [9.17, 15) is 4.79 Å². The molecule has 2 aliphatic heterocycles. The lowest BCUT2D eigenvalue weighted by molar-refractivity contribution is -0.156. The molecule has 3 fully saturated rings. The molecule has 1 amide bonds. The van der Waals surface area contributed by atoms with E-state index in [0.717, 1.165) is 45.5 Å². The van der Waals surface area contributed by atoms with Crippen molar-refractivity contribution in [1.82, 2.24) is 4.90 Å². The molecule has 0 unspecified atom stereocenters. The molecule has 3 rings (SSSR count). The maximum Gasteiger partial charge on any atom is 0.248 e. The fraction of sp³-hybridized carbons (Fsp3) is 0.938. The number of rotatable bonds is 5. The highest BCUT2D eigenvalue weighted by atomic mass is 16.5. The van der Waals surface area contributed by atoms with E-state index in [1.54, 1.807) is 7.11 Å². The number of methoxy groups -OCH3 is 1. The van der Waals surface area contributed by atoms with Crippen LogP contribution in [0.5, 0.6) is 0 Å². The second-order valence-corrected chi connectivity index (χ2v) is 6.43. The molecule has 2 saturated heterocycles. The van der Waals surface area contributed by atoms with Crippen molar-refractivity contribution in [3.63, 3.8) is 0 Å². The Labute approximate surface area is 132 Å². The Balaban J connectivity index is 1.52. The Hall–Kier alpha value is -0.690. The average Bonchev–Trinajstić information content (AvgIpc) is 2.97. The Morgan fingerprint density at radius 1 is 1.18 bits per heavy atom. The molecule has 3 atom stereocenters. The minimum atomic E-state index is 0.0226. The van der Waals surface area contributed by atoms with Crippen molar-refractivity contribution in [3.05, 3.63) is 0 Å². The number of morpholine rings is 1. The predicted molar refractivity (Wildman–Crippen MR) is 79.6 cm³/mol. The molecular formula is C16H27NO5. The van der Waals surface area contributed by atoms with Crippen LogP contribution in [0.25, 0.3) is 0 Å². The van der Waals surface area contributed by atoms with Crippen LogP contribution >= 0.6 is 0 Å². The molecule has 22 heavy (non-hydrogen) atoms. The molecular weight excluding hydrogens is 286 g/mol. The van der Waals surface area contributed by atoms with Gasteiger partial charge in [0.2, 0.25) is 5.91 Å². The van der Waals surface area contributed by atoms with Gasteiger partial charge in [-0.3, -0.25) is 4.79 Å². The van der Waals surface area contributed by atoms with Gasteiger partial charge >= 0.3 is 0 Å². The van der Waals surface area contributed by atoms with Gasteiger partial charge in [0.1, 0.15) is 12.7 Å². The van der Waals surface area contributed by atoms with E-state index < -0.39 is 0 Å². The summed E-state index contributed by atoms with van der Waals surface area (Å²) in [6, 6.07) is 0.149. The fourth-order valence-corrected chi connectivity index (χ4v) is 3.78. The zero-order chi connectivity index (χ0) is 15.4. The van der Waals surface area contributed by atoms with Crippen molar-refractivity contribution >= 4 is 5.91 Å². The van der Waals surface area contributed by atoms with Crippen LogP contribution in [0, 0.1) is 5.92 Å². The van der Waals surface area contributed by atoms with Gasteiger partial charge in [-0.1, -0.05) is 0 Å². The molecule has 0 N–H and O–H groups in total. The number of carbonyl (C=O) groups is 1. The van der Waals surface area contributed by atoms with E-state index in [4.69, 9.17) is 18.9 Å². The molecule has 0 bridgehead atoms. The summed E-state index contributed by atoms with van der Waals surface area (Å²) in [7, 11) is 1.56. The monoisotopic (exact) mass is 313 g/mol. The van der Waals surface area contributed by atoms with Gasteiger partial charge in [0.05, 0.1) is 25.4 Å². The average molecular weight is 313 g/mol. The summed E-state index contributed by atoms with van der Waals surface area (Å²) < 4.78 is 22.4. The van der Waals surface area contributed by atoms with Gasteiger partial charge in [-0.25, -0.2) is 0 Å². The molecule has 6 heteroatoms. The lowest BCUT2D eigenvalue weighted by Gasteiger charge is -2.39. The standard InChI is InChI=1S/C16H27NO5/c1-19-11-15(18)17-6-9-21-16-13(17)2-3-14(16)22-10-12-4-7-20-8-5-12/h12-14,16H,2-11H2,1H3/t13-,14+,16+/m0/s1. The summed E-state index contributed by atoms with van der Waals surface area (Å²) in [6.07, 6.45) is 4.23. The number of carbonyl (C=O) groups excluding carboxylic acids is 1. The maximum absolute atomic E-state index is 12.1. The molecule has 1 aliphatic carbocycles. The quantitative estimate of drug-likeness (QED) is 0.753. The molecule has 2 heterocycles. The van der Waals surface area contributed by atoms with Crippen LogP contribution in [0.2, 0.25) is 0 Å². The van der Waals surface area contributed by atoms with Gasteiger partial charge in [-0.15, -0.1) is 0 Å². The van der Waals surface area contributed by atoms with E-state index in [-0.39, 0.29) is 30.8 Å². The molecule has 1 saturated carbocycles. The first kappa shape index (κ1) is 16.2. The molecule has 126 valence electrons. The van der Waals surface area contributed by atoms with Crippen LogP contribution in [0.3, 0.4) is 0 Å². The second kappa shape index (κ2) is 7.73. The van der Waals surface area contributed by atoms with Crippen molar-refractivity contribution < 1.29 is 23.7 Å². The number of fused-ring (bicyclic) bond motifs is 1.